The van der Waals surface area contributed by atoms with Crippen LogP contribution in [0.1, 0.15) is 41.4 Å². The normalized spacial score (nSPS) is 11.0. The van der Waals surface area contributed by atoms with E-state index >= 15 is 0 Å². The van der Waals surface area contributed by atoms with Crippen molar-refractivity contribution in [1.82, 2.24) is 4.98 Å². The van der Waals surface area contributed by atoms with Gasteiger partial charge in [0.05, 0.1) is 18.9 Å². The Morgan fingerprint density at radius 2 is 1.47 bits per heavy atom. The summed E-state index contributed by atoms with van der Waals surface area (Å²) in [4.78, 5) is 41.8. The van der Waals surface area contributed by atoms with Gasteiger partial charge >= 0.3 is 11.9 Å². The average Bonchev–Trinajstić information content (AvgIpc) is 3.07. The minimum Gasteiger partial charge on any atom is -0.465 e. The molecule has 0 atom stereocenters. The monoisotopic (exact) mass is 447 g/mol. The number of hydrogen-bond acceptors (Lipinski definition) is 5. The van der Waals surface area contributed by atoms with Crippen molar-refractivity contribution in [3.05, 3.63) is 69.3 Å². The van der Waals surface area contributed by atoms with Gasteiger partial charge in [0.25, 0.3) is 0 Å². The molecule has 6 nitrogen and oxygen atoms in total. The highest BCUT2D eigenvalue weighted by Crippen LogP contribution is 2.34. The minimum atomic E-state index is -1.44. The first-order chi connectivity index (χ1) is 14.4. The van der Waals surface area contributed by atoms with Crippen LogP contribution in [-0.2, 0) is 19.1 Å². The van der Waals surface area contributed by atoms with Crippen molar-refractivity contribution in [3.8, 4) is 0 Å². The third-order valence-electron chi connectivity index (χ3n) is 4.47. The molecule has 0 radical (unpaired) electrons. The summed E-state index contributed by atoms with van der Waals surface area (Å²) in [6.45, 7) is 3.40. The summed E-state index contributed by atoms with van der Waals surface area (Å²) in [5, 5.41) is 1.33. The molecule has 3 rings (SSSR count). The standard InChI is InChI=1S/C22H19Cl2NO5/c1-3-29-21(27)18(22(28)30-4-2)17-15-11-14(24)9-10-16(15)25-19(17)20(26)12-5-7-13(23)8-6-12/h5-11,18,25H,3-4H2,1-2H3. The molecule has 30 heavy (non-hydrogen) atoms. The third kappa shape index (κ3) is 4.35. The number of benzene rings is 2. The van der Waals surface area contributed by atoms with Gasteiger partial charge in [0, 0.05) is 32.1 Å². The Morgan fingerprint density at radius 3 is 2.03 bits per heavy atom. The highest BCUT2D eigenvalue weighted by Gasteiger charge is 2.37. The number of carbonyl (C=O) groups excluding carboxylic acids is 3. The maximum absolute atomic E-state index is 13.3. The Bertz CT molecular complexity index is 1090. The topological polar surface area (TPSA) is 85.5 Å². The summed E-state index contributed by atoms with van der Waals surface area (Å²) in [7, 11) is 0. The fourth-order valence-corrected chi connectivity index (χ4v) is 3.49. The van der Waals surface area contributed by atoms with Gasteiger partial charge in [-0.25, -0.2) is 0 Å². The van der Waals surface area contributed by atoms with Gasteiger partial charge in [0.2, 0.25) is 5.78 Å². The van der Waals surface area contributed by atoms with E-state index in [1.807, 2.05) is 0 Å². The number of H-pyrrole nitrogens is 1. The summed E-state index contributed by atoms with van der Waals surface area (Å²) in [5.41, 5.74) is 1.14. The lowest BCUT2D eigenvalue weighted by atomic mass is 9.92. The van der Waals surface area contributed by atoms with E-state index in [1.165, 1.54) is 0 Å². The fourth-order valence-electron chi connectivity index (χ4n) is 3.19. The number of ether oxygens (including phenoxy) is 2. The second-order valence-electron chi connectivity index (χ2n) is 6.38. The van der Waals surface area contributed by atoms with E-state index in [9.17, 15) is 14.4 Å². The van der Waals surface area contributed by atoms with Crippen molar-refractivity contribution in [2.45, 2.75) is 19.8 Å². The molecule has 0 aliphatic carbocycles. The van der Waals surface area contributed by atoms with Gasteiger partial charge in [-0.3, -0.25) is 14.4 Å². The first-order valence-electron chi connectivity index (χ1n) is 9.32. The number of nitrogens with one attached hydrogen (secondary N) is 1. The van der Waals surface area contributed by atoms with Crippen LogP contribution in [0.25, 0.3) is 10.9 Å². The number of aromatic nitrogens is 1. The molecule has 8 heteroatoms. The molecular formula is C22H19Cl2NO5. The van der Waals surface area contributed by atoms with Crippen molar-refractivity contribution in [2.24, 2.45) is 0 Å². The molecule has 1 heterocycles. The molecule has 0 aliphatic rings. The maximum atomic E-state index is 13.3. The van der Waals surface area contributed by atoms with E-state index < -0.39 is 23.6 Å². The molecule has 1 N–H and O–H groups in total. The average molecular weight is 448 g/mol. The van der Waals surface area contributed by atoms with Gasteiger partial charge in [-0.05, 0) is 56.3 Å². The van der Waals surface area contributed by atoms with Crippen molar-refractivity contribution in [2.75, 3.05) is 13.2 Å². The first kappa shape index (κ1) is 21.9. The second-order valence-corrected chi connectivity index (χ2v) is 7.25. The van der Waals surface area contributed by atoms with E-state index in [-0.39, 0.29) is 24.5 Å². The molecule has 0 saturated heterocycles. The SMILES string of the molecule is CCOC(=O)C(C(=O)OCC)c1c(C(=O)c2ccc(Cl)cc2)[nH]c2ccc(Cl)cc12. The van der Waals surface area contributed by atoms with E-state index in [2.05, 4.69) is 4.98 Å². The van der Waals surface area contributed by atoms with E-state index in [4.69, 9.17) is 32.7 Å². The van der Waals surface area contributed by atoms with Crippen LogP contribution in [0.2, 0.25) is 10.0 Å². The number of halogens is 2. The molecule has 3 aromatic rings. The lowest BCUT2D eigenvalue weighted by Gasteiger charge is -2.16. The predicted molar refractivity (Wildman–Crippen MR) is 114 cm³/mol. The molecule has 0 amide bonds. The van der Waals surface area contributed by atoms with Crippen LogP contribution >= 0.6 is 23.2 Å². The summed E-state index contributed by atoms with van der Waals surface area (Å²) in [5.74, 6) is -3.46. The van der Waals surface area contributed by atoms with E-state index in [1.54, 1.807) is 56.3 Å². The second kappa shape index (κ2) is 9.32. The summed E-state index contributed by atoms with van der Waals surface area (Å²) in [6.07, 6.45) is 0. The van der Waals surface area contributed by atoms with Gasteiger partial charge in [-0.2, -0.15) is 0 Å². The number of ketones is 1. The van der Waals surface area contributed by atoms with Crippen molar-refractivity contribution in [1.29, 1.82) is 0 Å². The molecule has 0 aliphatic heterocycles. The molecule has 0 fully saturated rings. The van der Waals surface area contributed by atoms with Gasteiger partial charge in [0.15, 0.2) is 5.92 Å². The molecule has 2 aromatic carbocycles. The highest BCUT2D eigenvalue weighted by atomic mass is 35.5. The molecule has 156 valence electrons. The zero-order valence-corrected chi connectivity index (χ0v) is 17.8. The maximum Gasteiger partial charge on any atom is 0.324 e. The van der Waals surface area contributed by atoms with Crippen LogP contribution < -0.4 is 0 Å². The fraction of sp³-hybridized carbons (Fsp3) is 0.227. The van der Waals surface area contributed by atoms with Crippen LogP contribution in [0.5, 0.6) is 0 Å². The quantitative estimate of drug-likeness (QED) is 0.315. The minimum absolute atomic E-state index is 0.0678. The summed E-state index contributed by atoms with van der Waals surface area (Å²) < 4.78 is 10.2. The van der Waals surface area contributed by atoms with E-state index in [0.717, 1.165) is 0 Å². The smallest absolute Gasteiger partial charge is 0.324 e. The van der Waals surface area contributed by atoms with Crippen LogP contribution in [-0.4, -0.2) is 35.9 Å². The van der Waals surface area contributed by atoms with Crippen molar-refractivity contribution in [3.63, 3.8) is 0 Å². The third-order valence-corrected chi connectivity index (χ3v) is 4.95. The zero-order chi connectivity index (χ0) is 21.8. The molecule has 0 spiro atoms. The van der Waals surface area contributed by atoms with Crippen LogP contribution in [0, 0.1) is 0 Å². The number of rotatable bonds is 7. The van der Waals surface area contributed by atoms with Crippen molar-refractivity contribution < 1.29 is 23.9 Å². The van der Waals surface area contributed by atoms with Crippen LogP contribution in [0.4, 0.5) is 0 Å². The number of esters is 2. The van der Waals surface area contributed by atoms with Gasteiger partial charge < -0.3 is 14.5 Å². The Kier molecular flexibility index (Phi) is 6.80. The Labute approximate surface area is 183 Å². The van der Waals surface area contributed by atoms with Crippen LogP contribution in [0.3, 0.4) is 0 Å². The van der Waals surface area contributed by atoms with E-state index in [0.29, 0.717) is 26.5 Å². The number of fused-ring (bicyclic) bond motifs is 1. The predicted octanol–water partition coefficient (Wildman–Crippen LogP) is 4.92. The zero-order valence-electron chi connectivity index (χ0n) is 16.3. The van der Waals surface area contributed by atoms with Crippen LogP contribution in [0.15, 0.2) is 42.5 Å². The largest absolute Gasteiger partial charge is 0.465 e. The molecule has 0 bridgehead atoms. The number of hydrogen-bond donors (Lipinski definition) is 1. The number of aromatic amines is 1. The van der Waals surface area contributed by atoms with Gasteiger partial charge in [0.1, 0.15) is 0 Å². The molecular weight excluding hydrogens is 429 g/mol. The first-order valence-corrected chi connectivity index (χ1v) is 10.1. The Balaban J connectivity index is 2.26. The number of carbonyl (C=O) groups is 3. The Morgan fingerprint density at radius 1 is 0.900 bits per heavy atom. The van der Waals surface area contributed by atoms with Gasteiger partial charge in [-0.1, -0.05) is 23.2 Å². The van der Waals surface area contributed by atoms with Gasteiger partial charge in [-0.15, -0.1) is 0 Å². The Hall–Kier alpha value is -2.83. The molecule has 0 unspecified atom stereocenters. The summed E-state index contributed by atoms with van der Waals surface area (Å²) >= 11 is 12.1. The van der Waals surface area contributed by atoms with Crippen molar-refractivity contribution >= 4 is 51.8 Å². The molecule has 0 saturated carbocycles. The lowest BCUT2D eigenvalue weighted by Crippen LogP contribution is -2.27. The highest BCUT2D eigenvalue weighted by molar-refractivity contribution is 6.31. The lowest BCUT2D eigenvalue weighted by molar-refractivity contribution is -0.156. The molecule has 1 aromatic heterocycles. The summed E-state index contributed by atoms with van der Waals surface area (Å²) in [6, 6.07) is 11.2.